The summed E-state index contributed by atoms with van der Waals surface area (Å²) in [5, 5.41) is 15.4. The highest BCUT2D eigenvalue weighted by atomic mass is 19.4. The van der Waals surface area contributed by atoms with E-state index in [0.29, 0.717) is 43.8 Å². The van der Waals surface area contributed by atoms with Crippen LogP contribution in [0.3, 0.4) is 0 Å². The molecule has 3 amide bonds. The van der Waals surface area contributed by atoms with Crippen LogP contribution in [0.5, 0.6) is 0 Å². The van der Waals surface area contributed by atoms with E-state index < -0.39 is 42.3 Å². The molecule has 1 aliphatic heterocycles. The summed E-state index contributed by atoms with van der Waals surface area (Å²) in [5.74, 6) is -1.15. The van der Waals surface area contributed by atoms with E-state index in [4.69, 9.17) is 21.9 Å². The van der Waals surface area contributed by atoms with E-state index >= 15 is 0 Å². The number of alkyl halides is 3. The summed E-state index contributed by atoms with van der Waals surface area (Å²) in [7, 11) is -1.08. The highest BCUT2D eigenvalue weighted by Crippen LogP contribution is 2.29. The Bertz CT molecular complexity index is 1260. The molecule has 3 rings (SSSR count). The number of hydrogen-bond donors (Lipinski definition) is 6. The summed E-state index contributed by atoms with van der Waals surface area (Å²) in [4.78, 5) is 38.2. The maximum absolute atomic E-state index is 12.2. The normalized spacial score (nSPS) is 14.5. The van der Waals surface area contributed by atoms with E-state index in [1.807, 2.05) is 19.9 Å². The summed E-state index contributed by atoms with van der Waals surface area (Å²) in [6.07, 6.45) is -3.36. The Labute approximate surface area is 255 Å². The molecule has 15 heteroatoms. The largest absolute Gasteiger partial charge is 0.491 e. The second-order valence-electron chi connectivity index (χ2n) is 11.1. The van der Waals surface area contributed by atoms with Crippen molar-refractivity contribution in [3.8, 4) is 0 Å². The van der Waals surface area contributed by atoms with Crippen LogP contribution in [0.1, 0.15) is 43.4 Å². The number of anilines is 1. The van der Waals surface area contributed by atoms with E-state index in [9.17, 15) is 32.6 Å². The van der Waals surface area contributed by atoms with E-state index in [-0.39, 0.29) is 25.3 Å². The molecule has 44 heavy (non-hydrogen) atoms. The molecular weight excluding hydrogens is 580 g/mol. The third-order valence-corrected chi connectivity index (χ3v) is 6.70. The Morgan fingerprint density at radius 1 is 1.09 bits per heavy atom. The van der Waals surface area contributed by atoms with Gasteiger partial charge in [-0.25, -0.2) is 0 Å². The molecule has 0 spiro atoms. The molecule has 0 saturated heterocycles. The van der Waals surface area contributed by atoms with Crippen LogP contribution >= 0.6 is 0 Å². The maximum atomic E-state index is 12.2. The van der Waals surface area contributed by atoms with Crippen molar-refractivity contribution in [3.63, 3.8) is 0 Å². The number of nitrogens with zero attached hydrogens (tertiary/aromatic N) is 1. The van der Waals surface area contributed by atoms with Gasteiger partial charge < -0.3 is 42.4 Å². The number of carbonyl (C=O) groups excluding carboxylic acids is 3. The molecule has 0 fully saturated rings. The summed E-state index contributed by atoms with van der Waals surface area (Å²) in [6, 6.07) is 9.34. The fraction of sp³-hybridized carbons (Fsp3) is 0.483. The monoisotopic (exact) mass is 622 g/mol. The molecule has 11 nitrogen and oxygen atoms in total. The van der Waals surface area contributed by atoms with Gasteiger partial charge in [-0.05, 0) is 68.9 Å². The van der Waals surface area contributed by atoms with Crippen molar-refractivity contribution in [1.82, 2.24) is 10.2 Å². The number of carbonyl (C=O) groups is 3. The van der Waals surface area contributed by atoms with Gasteiger partial charge >= 0.3 is 13.3 Å². The van der Waals surface area contributed by atoms with Gasteiger partial charge in [-0.2, -0.15) is 13.2 Å². The summed E-state index contributed by atoms with van der Waals surface area (Å²) in [6.45, 7) is 6.69. The quantitative estimate of drug-likeness (QED) is 0.197. The minimum absolute atomic E-state index is 0.0805. The van der Waals surface area contributed by atoms with Crippen LogP contribution in [0.25, 0.3) is 0 Å². The number of nitrogens with one attached hydrogen (secondary N) is 2. The molecule has 0 bridgehead atoms. The Balaban J connectivity index is 0.000000514. The van der Waals surface area contributed by atoms with Gasteiger partial charge in [0, 0.05) is 38.3 Å². The van der Waals surface area contributed by atoms with Crippen LogP contribution in [-0.2, 0) is 31.6 Å². The van der Waals surface area contributed by atoms with Gasteiger partial charge in [0.2, 0.25) is 17.7 Å². The van der Waals surface area contributed by atoms with Crippen molar-refractivity contribution in [2.24, 2.45) is 17.2 Å². The zero-order chi connectivity index (χ0) is 33.1. The average Bonchev–Trinajstić information content (AvgIpc) is 2.94. The molecule has 0 radical (unpaired) electrons. The standard InChI is InChI=1S/C21H35BN6O5.C8H7F3/c1-21(2)12-14-3-4-15(11-16(14)22(32)33-21)27-18(29)13-26-20(31)17(25)5-6-19(30)28(9-7-23)10-8-24;1-6-2-4-7(5-3-6)8(9,10)11/h3-4,11,17,32H,5-10,12-13,23-25H2,1-2H3,(H,26,31)(H,27,29);2-5H,1H3. The van der Waals surface area contributed by atoms with Gasteiger partial charge in [0.15, 0.2) is 0 Å². The zero-order valence-corrected chi connectivity index (χ0v) is 25.2. The second kappa shape index (κ2) is 16.5. The van der Waals surface area contributed by atoms with E-state index in [1.54, 1.807) is 24.0 Å². The lowest BCUT2D eigenvalue weighted by Gasteiger charge is -2.34. The number of aryl methyl sites for hydroxylation is 1. The topological polar surface area (TPSA) is 186 Å². The highest BCUT2D eigenvalue weighted by molar-refractivity contribution is 6.61. The molecule has 2 aromatic rings. The third-order valence-electron chi connectivity index (χ3n) is 6.70. The van der Waals surface area contributed by atoms with Crippen LogP contribution in [0, 0.1) is 6.92 Å². The smallest absolute Gasteiger partial charge is 0.423 e. The van der Waals surface area contributed by atoms with Crippen molar-refractivity contribution in [2.45, 2.75) is 57.9 Å². The fourth-order valence-corrected chi connectivity index (χ4v) is 4.42. The Kier molecular flexibility index (Phi) is 13.8. The van der Waals surface area contributed by atoms with Crippen molar-refractivity contribution in [2.75, 3.05) is 38.0 Å². The Morgan fingerprint density at radius 2 is 1.70 bits per heavy atom. The molecule has 0 aromatic heterocycles. The minimum Gasteiger partial charge on any atom is -0.423 e. The maximum Gasteiger partial charge on any atom is 0.491 e. The van der Waals surface area contributed by atoms with Gasteiger partial charge in [0.1, 0.15) is 0 Å². The van der Waals surface area contributed by atoms with Gasteiger partial charge in [-0.15, -0.1) is 0 Å². The summed E-state index contributed by atoms with van der Waals surface area (Å²) in [5.41, 5.74) is 18.6. The fourth-order valence-electron chi connectivity index (χ4n) is 4.42. The molecule has 0 saturated carbocycles. The molecule has 9 N–H and O–H groups in total. The van der Waals surface area contributed by atoms with Crippen LogP contribution in [-0.4, -0.2) is 79.1 Å². The molecule has 1 heterocycles. The van der Waals surface area contributed by atoms with Crippen LogP contribution < -0.4 is 33.3 Å². The van der Waals surface area contributed by atoms with Crippen LogP contribution in [0.15, 0.2) is 42.5 Å². The van der Waals surface area contributed by atoms with Crippen molar-refractivity contribution in [1.29, 1.82) is 0 Å². The first kappa shape index (κ1) is 36.7. The van der Waals surface area contributed by atoms with Crippen molar-refractivity contribution in [3.05, 3.63) is 59.2 Å². The molecule has 2 aromatic carbocycles. The molecule has 242 valence electrons. The van der Waals surface area contributed by atoms with E-state index in [1.165, 1.54) is 12.1 Å². The van der Waals surface area contributed by atoms with Crippen LogP contribution in [0.2, 0.25) is 0 Å². The van der Waals surface area contributed by atoms with Crippen molar-refractivity contribution < 1.29 is 37.2 Å². The number of halogens is 3. The predicted octanol–water partition coefficient (Wildman–Crippen LogP) is 0.647. The Hall–Kier alpha value is -3.50. The SMILES string of the molecule is CC1(C)Cc2ccc(NC(=O)CNC(=O)C(N)CCC(=O)N(CCN)CCN)cc2B(O)O1.Cc1ccc(C(F)(F)F)cc1. The highest BCUT2D eigenvalue weighted by Gasteiger charge is 2.35. The van der Waals surface area contributed by atoms with Crippen molar-refractivity contribution >= 4 is 36.0 Å². The lowest BCUT2D eigenvalue weighted by molar-refractivity contribution is -0.137. The molecule has 0 aliphatic carbocycles. The van der Waals surface area contributed by atoms with E-state index in [0.717, 1.165) is 23.3 Å². The third kappa shape index (κ3) is 11.9. The second-order valence-corrected chi connectivity index (χ2v) is 11.1. The predicted molar refractivity (Wildman–Crippen MR) is 163 cm³/mol. The summed E-state index contributed by atoms with van der Waals surface area (Å²) >= 11 is 0. The summed E-state index contributed by atoms with van der Waals surface area (Å²) < 4.78 is 41.3. The van der Waals surface area contributed by atoms with Crippen LogP contribution in [0.4, 0.5) is 18.9 Å². The lowest BCUT2D eigenvalue weighted by Crippen LogP contribution is -2.50. The van der Waals surface area contributed by atoms with Gasteiger partial charge in [-0.3, -0.25) is 14.4 Å². The first-order valence-electron chi connectivity index (χ1n) is 14.2. The average molecular weight is 622 g/mol. The first-order valence-corrected chi connectivity index (χ1v) is 14.2. The number of fused-ring (bicyclic) bond motifs is 1. The minimum atomic E-state index is -4.21. The molecular formula is C29H42BF3N6O5. The number of hydrogen-bond acceptors (Lipinski definition) is 8. The van der Waals surface area contributed by atoms with Gasteiger partial charge in [-0.1, -0.05) is 23.8 Å². The lowest BCUT2D eigenvalue weighted by atomic mass is 9.70. The zero-order valence-electron chi connectivity index (χ0n) is 25.2. The number of nitrogens with two attached hydrogens (primary N) is 3. The first-order chi connectivity index (χ1) is 20.6. The molecule has 1 unspecified atom stereocenters. The number of rotatable bonds is 11. The van der Waals surface area contributed by atoms with Gasteiger partial charge in [0.25, 0.3) is 0 Å². The van der Waals surface area contributed by atoms with E-state index in [2.05, 4.69) is 10.6 Å². The molecule has 1 atom stereocenters. The number of amides is 3. The van der Waals surface area contributed by atoms with Gasteiger partial charge in [0.05, 0.1) is 23.8 Å². The molecule has 1 aliphatic rings. The number of benzene rings is 2. The Morgan fingerprint density at radius 3 is 2.27 bits per heavy atom.